The third-order valence-electron chi connectivity index (χ3n) is 7.02. The molecule has 0 aliphatic carbocycles. The number of carbonyl (C=O) groups is 3. The Morgan fingerprint density at radius 3 is 2.56 bits per heavy atom. The second kappa shape index (κ2) is 11.1. The van der Waals surface area contributed by atoms with E-state index in [9.17, 15) is 23.2 Å². The van der Waals surface area contributed by atoms with Crippen LogP contribution in [-0.4, -0.2) is 71.7 Å². The van der Waals surface area contributed by atoms with E-state index in [1.54, 1.807) is 11.9 Å². The number of amides is 3. The molecule has 2 aliphatic heterocycles. The lowest BCUT2D eigenvalue weighted by atomic mass is 9.73. The molecule has 0 saturated carbocycles. The van der Waals surface area contributed by atoms with Crippen LogP contribution in [0.2, 0.25) is 0 Å². The number of hydrogen-bond acceptors (Lipinski definition) is 6. The molecule has 0 spiro atoms. The van der Waals surface area contributed by atoms with Gasteiger partial charge in [0.15, 0.2) is 11.6 Å². The molecule has 0 unspecified atom stereocenters. The van der Waals surface area contributed by atoms with Gasteiger partial charge in [-0.25, -0.2) is 13.8 Å². The highest BCUT2D eigenvalue weighted by Gasteiger charge is 2.53. The lowest BCUT2D eigenvalue weighted by Crippen LogP contribution is -2.61. The maximum Gasteiger partial charge on any atom is 0.256 e. The van der Waals surface area contributed by atoms with Crippen molar-refractivity contribution in [2.24, 2.45) is 16.3 Å². The van der Waals surface area contributed by atoms with E-state index in [2.05, 4.69) is 10.4 Å². The molecule has 11 heteroatoms. The van der Waals surface area contributed by atoms with Crippen LogP contribution in [0.15, 0.2) is 53.6 Å². The number of hydrogen-bond donors (Lipinski definition) is 2. The van der Waals surface area contributed by atoms with Crippen LogP contribution in [0.25, 0.3) is 0 Å². The molecule has 2 aromatic carbocycles. The van der Waals surface area contributed by atoms with E-state index in [0.29, 0.717) is 19.4 Å². The monoisotopic (exact) mass is 541 g/mol. The van der Waals surface area contributed by atoms with Crippen LogP contribution in [0, 0.1) is 17.0 Å². The number of nitrogens with two attached hydrogens (primary N) is 1. The van der Waals surface area contributed by atoms with Crippen molar-refractivity contribution in [1.82, 2.24) is 15.2 Å². The van der Waals surface area contributed by atoms with E-state index < -0.39 is 40.4 Å². The number of nitrogens with one attached hydrogen (secondary N) is 1. The Morgan fingerprint density at radius 2 is 1.90 bits per heavy atom. The average Bonchev–Trinajstić information content (AvgIpc) is 3.14. The van der Waals surface area contributed by atoms with Crippen molar-refractivity contribution in [2.45, 2.75) is 44.7 Å². The molecule has 4 rings (SSSR count). The van der Waals surface area contributed by atoms with Gasteiger partial charge in [0.05, 0.1) is 17.9 Å². The molecule has 3 amide bonds. The number of rotatable bonds is 9. The summed E-state index contributed by atoms with van der Waals surface area (Å²) in [5.74, 6) is -3.09. The summed E-state index contributed by atoms with van der Waals surface area (Å²) in [6, 6.07) is 11.7. The number of nitrogens with zero attached hydrogens (tertiary/aromatic N) is 3. The topological polar surface area (TPSA) is 117 Å². The van der Waals surface area contributed by atoms with E-state index in [-0.39, 0.29) is 31.2 Å². The minimum atomic E-state index is -1.25. The highest BCUT2D eigenvalue weighted by Crippen LogP contribution is 2.38. The summed E-state index contributed by atoms with van der Waals surface area (Å²) >= 11 is 0. The minimum Gasteiger partial charge on any atom is -0.493 e. The molecule has 39 heavy (non-hydrogen) atoms. The van der Waals surface area contributed by atoms with Crippen molar-refractivity contribution < 1.29 is 27.9 Å². The molecular weight excluding hydrogens is 508 g/mol. The number of likely N-dealkylation sites (tertiary alicyclic amines) is 1. The fourth-order valence-electron chi connectivity index (χ4n) is 4.90. The number of benzene rings is 2. The van der Waals surface area contributed by atoms with E-state index in [1.807, 2.05) is 30.3 Å². The van der Waals surface area contributed by atoms with Crippen molar-refractivity contribution in [3.63, 3.8) is 0 Å². The van der Waals surface area contributed by atoms with Gasteiger partial charge in [-0.1, -0.05) is 30.3 Å². The molecule has 0 aromatic heterocycles. The largest absolute Gasteiger partial charge is 0.493 e. The Morgan fingerprint density at radius 1 is 1.18 bits per heavy atom. The van der Waals surface area contributed by atoms with Crippen LogP contribution in [0.4, 0.5) is 8.78 Å². The molecule has 1 saturated heterocycles. The molecule has 2 aromatic rings. The second-order valence-electron chi connectivity index (χ2n) is 10.6. The van der Waals surface area contributed by atoms with Crippen molar-refractivity contribution >= 4 is 23.4 Å². The molecule has 1 fully saturated rings. The molecule has 2 atom stereocenters. The van der Waals surface area contributed by atoms with Crippen molar-refractivity contribution in [2.75, 3.05) is 26.7 Å². The minimum absolute atomic E-state index is 0.0383. The summed E-state index contributed by atoms with van der Waals surface area (Å²) in [5, 5.41) is 8.51. The summed E-state index contributed by atoms with van der Waals surface area (Å²) in [7, 11) is 1.61. The van der Waals surface area contributed by atoms with Gasteiger partial charge in [-0.2, -0.15) is 5.10 Å². The van der Waals surface area contributed by atoms with Crippen LogP contribution < -0.4 is 15.8 Å². The van der Waals surface area contributed by atoms with Crippen LogP contribution in [-0.2, 0) is 20.8 Å². The molecule has 208 valence electrons. The van der Waals surface area contributed by atoms with Gasteiger partial charge in [0.1, 0.15) is 17.2 Å². The zero-order valence-electron chi connectivity index (χ0n) is 22.2. The third kappa shape index (κ3) is 6.08. The van der Waals surface area contributed by atoms with Crippen molar-refractivity contribution in [3.05, 3.63) is 65.7 Å². The third-order valence-corrected chi connectivity index (χ3v) is 7.02. The molecule has 2 heterocycles. The van der Waals surface area contributed by atoms with Crippen molar-refractivity contribution in [3.8, 4) is 5.75 Å². The van der Waals surface area contributed by atoms with Gasteiger partial charge in [0, 0.05) is 39.0 Å². The van der Waals surface area contributed by atoms with Gasteiger partial charge in [-0.15, -0.1) is 0 Å². The molecule has 0 radical (unpaired) electrons. The quantitative estimate of drug-likeness (QED) is 0.505. The van der Waals surface area contributed by atoms with Crippen LogP contribution in [0.5, 0.6) is 5.75 Å². The molecule has 0 bridgehead atoms. The predicted octanol–water partition coefficient (Wildman–Crippen LogP) is 2.25. The van der Waals surface area contributed by atoms with E-state index in [0.717, 1.165) is 23.4 Å². The van der Waals surface area contributed by atoms with Gasteiger partial charge < -0.3 is 20.7 Å². The first-order valence-corrected chi connectivity index (χ1v) is 12.8. The number of halogens is 2. The fourth-order valence-corrected chi connectivity index (χ4v) is 4.90. The Labute approximate surface area is 226 Å². The summed E-state index contributed by atoms with van der Waals surface area (Å²) in [6.45, 7) is 3.40. The highest BCUT2D eigenvalue weighted by atomic mass is 19.2. The molecule has 9 nitrogen and oxygen atoms in total. The van der Waals surface area contributed by atoms with Crippen LogP contribution in [0.3, 0.4) is 0 Å². The Kier molecular flexibility index (Phi) is 8.01. The number of ether oxygens (including phenoxy) is 1. The maximum atomic E-state index is 13.8. The van der Waals surface area contributed by atoms with E-state index in [4.69, 9.17) is 10.5 Å². The van der Waals surface area contributed by atoms with Gasteiger partial charge in [0.2, 0.25) is 11.8 Å². The zero-order valence-corrected chi connectivity index (χ0v) is 22.2. The summed E-state index contributed by atoms with van der Waals surface area (Å²) in [6.07, 6.45) is 0.825. The maximum absolute atomic E-state index is 13.8. The molecule has 3 N–H and O–H groups in total. The first-order chi connectivity index (χ1) is 18.4. The van der Waals surface area contributed by atoms with Crippen molar-refractivity contribution in [1.29, 1.82) is 0 Å². The summed E-state index contributed by atoms with van der Waals surface area (Å²) in [4.78, 5) is 41.5. The lowest BCUT2D eigenvalue weighted by Gasteiger charge is -2.41. The smallest absolute Gasteiger partial charge is 0.256 e. The van der Waals surface area contributed by atoms with E-state index >= 15 is 0 Å². The number of piperidine rings is 1. The van der Waals surface area contributed by atoms with Gasteiger partial charge >= 0.3 is 0 Å². The molecule has 2 aliphatic rings. The first kappa shape index (κ1) is 28.2. The Balaban J connectivity index is 1.54. The summed E-state index contributed by atoms with van der Waals surface area (Å²) in [5.41, 5.74) is 5.37. The van der Waals surface area contributed by atoms with Crippen LogP contribution >= 0.6 is 0 Å². The molecular formula is C28H33F2N5O4. The average molecular weight is 542 g/mol. The summed E-state index contributed by atoms with van der Waals surface area (Å²) < 4.78 is 32.4. The van der Waals surface area contributed by atoms with E-state index in [1.165, 1.54) is 24.9 Å². The Bertz CT molecular complexity index is 1280. The number of carbonyl (C=O) groups excluding carboxylic acids is 3. The Hall–Kier alpha value is -3.86. The van der Waals surface area contributed by atoms with Gasteiger partial charge in [-0.05, 0) is 38.0 Å². The normalized spacial score (nSPS) is 19.8. The number of fused-ring (bicyclic) bond motifs is 1. The predicted molar refractivity (Wildman–Crippen MR) is 141 cm³/mol. The number of hydrazone groups is 1. The fraction of sp³-hybridized carbons (Fsp3) is 0.429. The standard InChI is InChI=1S/C28H33F2N5O4/c1-27(2,31)25(37)32-22(12-14-39-19-9-10-20(29)21(30)15-19)24(36)35-13-11-23-28(17-35,26(38)34(3)33-23)16-18-7-5-4-6-8-18/h4-10,15,22H,11-14,16-17,31H2,1-3H3,(H,32,37)/t22-,28-/m1/s1. The lowest BCUT2D eigenvalue weighted by molar-refractivity contribution is -0.142. The zero-order chi connectivity index (χ0) is 28.4. The van der Waals surface area contributed by atoms with Gasteiger partial charge in [0.25, 0.3) is 5.91 Å². The van der Waals surface area contributed by atoms with Crippen LogP contribution in [0.1, 0.15) is 32.3 Å². The SMILES string of the molecule is CN1N=C2CCN(C(=O)[C@@H](CCOc3ccc(F)c(F)c3)NC(=O)C(C)(C)N)C[C@@]2(Cc2ccccc2)C1=O. The second-order valence-corrected chi connectivity index (χ2v) is 10.6. The highest BCUT2D eigenvalue weighted by molar-refractivity contribution is 6.13. The first-order valence-electron chi connectivity index (χ1n) is 12.8. The van der Waals surface area contributed by atoms with Gasteiger partial charge in [-0.3, -0.25) is 14.4 Å².